The average molecular weight is 290 g/mol. The van der Waals surface area contributed by atoms with Gasteiger partial charge in [-0.2, -0.15) is 0 Å². The Kier molecular flexibility index (Phi) is 6.21. The molecule has 1 aliphatic rings. The van der Waals surface area contributed by atoms with Crippen LogP contribution in [0.2, 0.25) is 0 Å². The lowest BCUT2D eigenvalue weighted by atomic mass is 10.1. The number of hydrogen-bond acceptors (Lipinski definition) is 4. The van der Waals surface area contributed by atoms with Crippen molar-refractivity contribution in [2.45, 2.75) is 38.8 Å². The van der Waals surface area contributed by atoms with Gasteiger partial charge < -0.3 is 10.1 Å². The normalized spacial score (nSPS) is 19.4. The number of carbonyl (C=O) groups excluding carboxylic acids is 1. The number of rotatable bonds is 6. The molecule has 116 valence electrons. The second kappa shape index (κ2) is 8.15. The van der Waals surface area contributed by atoms with E-state index in [0.29, 0.717) is 11.6 Å². The Labute approximate surface area is 127 Å². The van der Waals surface area contributed by atoms with E-state index < -0.39 is 0 Å². The predicted molar refractivity (Wildman–Crippen MR) is 84.4 cm³/mol. The zero-order valence-corrected chi connectivity index (χ0v) is 13.1. The van der Waals surface area contributed by atoms with Crippen molar-refractivity contribution in [2.75, 3.05) is 26.7 Å². The average Bonchev–Trinajstić information content (AvgIpc) is 2.53. The van der Waals surface area contributed by atoms with Crippen LogP contribution < -0.4 is 5.32 Å². The molecule has 1 fully saturated rings. The molecule has 1 aromatic rings. The van der Waals surface area contributed by atoms with Gasteiger partial charge in [-0.3, -0.25) is 4.90 Å². The van der Waals surface area contributed by atoms with Crippen LogP contribution in [-0.2, 0) is 11.3 Å². The molecule has 1 heterocycles. The van der Waals surface area contributed by atoms with Crippen molar-refractivity contribution in [3.05, 3.63) is 35.4 Å². The summed E-state index contributed by atoms with van der Waals surface area (Å²) in [5.74, 6) is -0.275. The number of esters is 1. The zero-order valence-electron chi connectivity index (χ0n) is 13.1. The highest BCUT2D eigenvalue weighted by Crippen LogP contribution is 2.12. The van der Waals surface area contributed by atoms with E-state index in [1.807, 2.05) is 24.3 Å². The number of hydrogen-bond donors (Lipinski definition) is 1. The Morgan fingerprint density at radius 3 is 2.81 bits per heavy atom. The minimum absolute atomic E-state index is 0.275. The van der Waals surface area contributed by atoms with E-state index in [2.05, 4.69) is 17.1 Å². The first-order chi connectivity index (χ1) is 10.2. The van der Waals surface area contributed by atoms with Crippen molar-refractivity contribution in [3.8, 4) is 0 Å². The standard InChI is InChI=1S/C17H26N2O2/c1-3-4-5-16-13-19(11-10-18-16)12-14-6-8-15(9-7-14)17(20)21-2/h6-9,16,18H,3-5,10-13H2,1-2H3. The van der Waals surface area contributed by atoms with Crippen LogP contribution >= 0.6 is 0 Å². The van der Waals surface area contributed by atoms with Crippen LogP contribution in [0, 0.1) is 0 Å². The van der Waals surface area contributed by atoms with Crippen LogP contribution in [-0.4, -0.2) is 43.7 Å². The highest BCUT2D eigenvalue weighted by Gasteiger charge is 2.18. The molecule has 1 unspecified atom stereocenters. The number of ether oxygens (including phenoxy) is 1. The van der Waals surface area contributed by atoms with Gasteiger partial charge in [0.2, 0.25) is 0 Å². The SMILES string of the molecule is CCCCC1CN(Cc2ccc(C(=O)OC)cc2)CCN1. The minimum Gasteiger partial charge on any atom is -0.465 e. The third-order valence-corrected chi connectivity index (χ3v) is 4.03. The van der Waals surface area contributed by atoms with Crippen molar-refractivity contribution in [3.63, 3.8) is 0 Å². The molecule has 1 saturated heterocycles. The van der Waals surface area contributed by atoms with E-state index in [1.54, 1.807) is 0 Å². The number of nitrogens with zero attached hydrogens (tertiary/aromatic N) is 1. The van der Waals surface area contributed by atoms with Crippen molar-refractivity contribution < 1.29 is 9.53 Å². The van der Waals surface area contributed by atoms with Crippen LogP contribution in [0.15, 0.2) is 24.3 Å². The Hall–Kier alpha value is -1.39. The molecule has 4 nitrogen and oxygen atoms in total. The smallest absolute Gasteiger partial charge is 0.337 e. The maximum absolute atomic E-state index is 11.4. The number of nitrogens with one attached hydrogen (secondary N) is 1. The van der Waals surface area contributed by atoms with E-state index >= 15 is 0 Å². The first-order valence-electron chi connectivity index (χ1n) is 7.86. The molecule has 0 aromatic heterocycles. The molecule has 2 rings (SSSR count). The summed E-state index contributed by atoms with van der Waals surface area (Å²) in [5, 5.41) is 3.60. The van der Waals surface area contributed by atoms with Crippen molar-refractivity contribution in [2.24, 2.45) is 0 Å². The Morgan fingerprint density at radius 1 is 1.38 bits per heavy atom. The molecule has 0 amide bonds. The summed E-state index contributed by atoms with van der Waals surface area (Å²) in [6, 6.07) is 8.36. The van der Waals surface area contributed by atoms with Crippen LogP contribution in [0.4, 0.5) is 0 Å². The molecule has 21 heavy (non-hydrogen) atoms. The third-order valence-electron chi connectivity index (χ3n) is 4.03. The lowest BCUT2D eigenvalue weighted by molar-refractivity contribution is 0.0600. The quantitative estimate of drug-likeness (QED) is 0.817. The van der Waals surface area contributed by atoms with Gasteiger partial charge in [-0.25, -0.2) is 4.79 Å². The van der Waals surface area contributed by atoms with Crippen molar-refractivity contribution >= 4 is 5.97 Å². The maximum Gasteiger partial charge on any atom is 0.337 e. The van der Waals surface area contributed by atoms with Crippen molar-refractivity contribution in [1.29, 1.82) is 0 Å². The summed E-state index contributed by atoms with van der Waals surface area (Å²) in [7, 11) is 1.41. The third kappa shape index (κ3) is 4.83. The largest absolute Gasteiger partial charge is 0.465 e. The fourth-order valence-electron chi connectivity index (χ4n) is 2.80. The number of methoxy groups -OCH3 is 1. The highest BCUT2D eigenvalue weighted by atomic mass is 16.5. The second-order valence-electron chi connectivity index (χ2n) is 5.72. The van der Waals surface area contributed by atoms with Crippen molar-refractivity contribution in [1.82, 2.24) is 10.2 Å². The highest BCUT2D eigenvalue weighted by molar-refractivity contribution is 5.89. The topological polar surface area (TPSA) is 41.6 Å². The molecule has 0 bridgehead atoms. The van der Waals surface area contributed by atoms with Gasteiger partial charge >= 0.3 is 5.97 Å². The summed E-state index contributed by atoms with van der Waals surface area (Å²) in [6.45, 7) is 6.45. The summed E-state index contributed by atoms with van der Waals surface area (Å²) >= 11 is 0. The van der Waals surface area contributed by atoms with E-state index in [9.17, 15) is 4.79 Å². The lowest BCUT2D eigenvalue weighted by Gasteiger charge is -2.33. The maximum atomic E-state index is 11.4. The zero-order chi connectivity index (χ0) is 15.1. The van der Waals surface area contributed by atoms with Gasteiger partial charge in [0.05, 0.1) is 12.7 Å². The fourth-order valence-corrected chi connectivity index (χ4v) is 2.80. The van der Waals surface area contributed by atoms with E-state index in [-0.39, 0.29) is 5.97 Å². The number of unbranched alkanes of at least 4 members (excludes halogenated alkanes) is 1. The van der Waals surface area contributed by atoms with Gasteiger partial charge in [-0.15, -0.1) is 0 Å². The van der Waals surface area contributed by atoms with E-state index in [0.717, 1.165) is 26.2 Å². The Balaban J connectivity index is 1.87. The van der Waals surface area contributed by atoms with E-state index in [1.165, 1.54) is 31.9 Å². The fraction of sp³-hybridized carbons (Fsp3) is 0.588. The van der Waals surface area contributed by atoms with Gasteiger partial charge in [0.25, 0.3) is 0 Å². The Morgan fingerprint density at radius 2 is 2.14 bits per heavy atom. The molecule has 4 heteroatoms. The summed E-state index contributed by atoms with van der Waals surface area (Å²) in [4.78, 5) is 13.9. The lowest BCUT2D eigenvalue weighted by Crippen LogP contribution is -2.50. The predicted octanol–water partition coefficient (Wildman–Crippen LogP) is 2.44. The van der Waals surface area contributed by atoms with Crippen LogP contribution in [0.25, 0.3) is 0 Å². The van der Waals surface area contributed by atoms with Gasteiger partial charge in [-0.1, -0.05) is 31.9 Å². The molecular weight excluding hydrogens is 264 g/mol. The minimum atomic E-state index is -0.275. The first kappa shape index (κ1) is 16.0. The molecule has 0 radical (unpaired) electrons. The van der Waals surface area contributed by atoms with E-state index in [4.69, 9.17) is 4.74 Å². The molecule has 0 aliphatic carbocycles. The van der Waals surface area contributed by atoms with Crippen LogP contribution in [0.3, 0.4) is 0 Å². The number of carbonyl (C=O) groups is 1. The number of piperazine rings is 1. The molecule has 0 saturated carbocycles. The summed E-state index contributed by atoms with van der Waals surface area (Å²) in [5.41, 5.74) is 1.86. The van der Waals surface area contributed by atoms with Gasteiger partial charge in [0.15, 0.2) is 0 Å². The molecule has 1 aliphatic heterocycles. The van der Waals surface area contributed by atoms with Crippen LogP contribution in [0.1, 0.15) is 42.1 Å². The molecular formula is C17H26N2O2. The molecule has 0 spiro atoms. The summed E-state index contributed by atoms with van der Waals surface area (Å²) in [6.07, 6.45) is 3.81. The molecule has 1 aromatic carbocycles. The van der Waals surface area contributed by atoms with Gasteiger partial charge in [0.1, 0.15) is 0 Å². The van der Waals surface area contributed by atoms with Crippen LogP contribution in [0.5, 0.6) is 0 Å². The Bertz CT molecular complexity index is 445. The van der Waals surface area contributed by atoms with Gasteiger partial charge in [-0.05, 0) is 24.1 Å². The second-order valence-corrected chi connectivity index (χ2v) is 5.72. The summed E-state index contributed by atoms with van der Waals surface area (Å²) < 4.78 is 4.72. The molecule has 1 atom stereocenters. The van der Waals surface area contributed by atoms with Gasteiger partial charge in [0, 0.05) is 32.2 Å². The first-order valence-corrected chi connectivity index (χ1v) is 7.86. The molecule has 1 N–H and O–H groups in total. The monoisotopic (exact) mass is 290 g/mol. The number of benzene rings is 1.